The second-order valence-corrected chi connectivity index (χ2v) is 4.15. The molecule has 76 valence electrons. The van der Waals surface area contributed by atoms with E-state index in [4.69, 9.17) is 5.73 Å². The molecule has 0 unspecified atom stereocenters. The normalized spacial score (nSPS) is 11.4. The lowest BCUT2D eigenvalue weighted by Gasteiger charge is -2.16. The first-order valence-corrected chi connectivity index (χ1v) is 4.29. The molecule has 14 heavy (non-hydrogen) atoms. The summed E-state index contributed by atoms with van der Waals surface area (Å²) in [6, 6.07) is 2.48. The molecule has 0 fully saturated rings. The van der Waals surface area contributed by atoms with Gasteiger partial charge in [0.15, 0.2) is 5.78 Å². The molecule has 1 aromatic heterocycles. The Morgan fingerprint density at radius 2 is 2.00 bits per heavy atom. The molecule has 2 N–H and O–H groups in total. The molecule has 0 aliphatic rings. The number of nitrogen functional groups attached to an aromatic ring is 1. The maximum absolute atomic E-state index is 12.8. The monoisotopic (exact) mass is 196 g/mol. The van der Waals surface area contributed by atoms with Crippen LogP contribution in [0.3, 0.4) is 0 Å². The van der Waals surface area contributed by atoms with Gasteiger partial charge < -0.3 is 5.73 Å². The van der Waals surface area contributed by atoms with E-state index in [2.05, 4.69) is 4.98 Å². The first-order chi connectivity index (χ1) is 6.32. The molecule has 0 aliphatic heterocycles. The number of halogens is 1. The number of rotatable bonds is 1. The van der Waals surface area contributed by atoms with Gasteiger partial charge in [-0.15, -0.1) is 0 Å². The fraction of sp³-hybridized carbons (Fsp3) is 0.400. The molecule has 1 heterocycles. The third-order valence-electron chi connectivity index (χ3n) is 1.79. The zero-order chi connectivity index (χ0) is 10.9. The lowest BCUT2D eigenvalue weighted by Crippen LogP contribution is -2.23. The Bertz CT molecular complexity index is 369. The molecule has 3 nitrogen and oxygen atoms in total. The molecule has 0 bridgehead atoms. The molecule has 0 aromatic carbocycles. The molecule has 0 spiro atoms. The van der Waals surface area contributed by atoms with Crippen LogP contribution in [0.15, 0.2) is 12.1 Å². The standard InChI is InChI=1S/C10H13FN2O/c1-10(2,3)9(14)8-6(12)4-5-7(11)13-8/h4-5H,12H2,1-3H3. The Morgan fingerprint density at radius 3 is 2.50 bits per heavy atom. The molecule has 1 rings (SSSR count). The van der Waals surface area contributed by atoms with Crippen molar-refractivity contribution in [2.24, 2.45) is 5.41 Å². The zero-order valence-corrected chi connectivity index (χ0v) is 8.47. The van der Waals surface area contributed by atoms with Crippen molar-refractivity contribution in [3.8, 4) is 0 Å². The van der Waals surface area contributed by atoms with Crippen LogP contribution in [0.4, 0.5) is 10.1 Å². The lowest BCUT2D eigenvalue weighted by molar-refractivity contribution is 0.0853. The molecule has 0 radical (unpaired) electrons. The van der Waals surface area contributed by atoms with Gasteiger partial charge in [0.25, 0.3) is 0 Å². The van der Waals surface area contributed by atoms with Gasteiger partial charge in [0.05, 0.1) is 5.69 Å². The fourth-order valence-corrected chi connectivity index (χ4v) is 0.983. The summed E-state index contributed by atoms with van der Waals surface area (Å²) in [6.45, 7) is 5.21. The summed E-state index contributed by atoms with van der Waals surface area (Å²) in [4.78, 5) is 15.2. The highest BCUT2D eigenvalue weighted by Crippen LogP contribution is 2.22. The van der Waals surface area contributed by atoms with Crippen molar-refractivity contribution in [1.29, 1.82) is 0 Å². The zero-order valence-electron chi connectivity index (χ0n) is 8.47. The summed E-state index contributed by atoms with van der Waals surface area (Å²) in [5, 5.41) is 0. The number of Topliss-reactive ketones (excluding diaryl/α,β-unsaturated/α-hetero) is 1. The Kier molecular flexibility index (Phi) is 2.55. The molecular formula is C10H13FN2O. The number of nitrogens with zero attached hydrogens (tertiary/aromatic N) is 1. The topological polar surface area (TPSA) is 56.0 Å². The van der Waals surface area contributed by atoms with E-state index >= 15 is 0 Å². The van der Waals surface area contributed by atoms with Gasteiger partial charge in [0.2, 0.25) is 5.95 Å². The van der Waals surface area contributed by atoms with Crippen LogP contribution >= 0.6 is 0 Å². The number of carbonyl (C=O) groups is 1. The Morgan fingerprint density at radius 1 is 1.43 bits per heavy atom. The van der Waals surface area contributed by atoms with Gasteiger partial charge in [-0.2, -0.15) is 4.39 Å². The minimum atomic E-state index is -0.688. The van der Waals surface area contributed by atoms with Crippen molar-refractivity contribution < 1.29 is 9.18 Å². The number of aromatic nitrogens is 1. The number of carbonyl (C=O) groups excluding carboxylic acids is 1. The van der Waals surface area contributed by atoms with E-state index in [1.807, 2.05) is 0 Å². The van der Waals surface area contributed by atoms with Crippen molar-refractivity contribution in [2.45, 2.75) is 20.8 Å². The number of pyridine rings is 1. The average Bonchev–Trinajstić information content (AvgIpc) is 2.06. The minimum Gasteiger partial charge on any atom is -0.397 e. The first-order valence-electron chi connectivity index (χ1n) is 4.29. The van der Waals surface area contributed by atoms with Crippen LogP contribution in [-0.2, 0) is 0 Å². The molecule has 0 atom stereocenters. The van der Waals surface area contributed by atoms with Crippen LogP contribution in [-0.4, -0.2) is 10.8 Å². The average molecular weight is 196 g/mol. The van der Waals surface area contributed by atoms with Gasteiger partial charge in [-0.1, -0.05) is 20.8 Å². The lowest BCUT2D eigenvalue weighted by atomic mass is 9.88. The fourth-order valence-electron chi connectivity index (χ4n) is 0.983. The number of nitrogens with two attached hydrogens (primary N) is 1. The summed E-state index contributed by atoms with van der Waals surface area (Å²) >= 11 is 0. The molecule has 0 saturated heterocycles. The van der Waals surface area contributed by atoms with Crippen LogP contribution in [0.1, 0.15) is 31.3 Å². The number of anilines is 1. The smallest absolute Gasteiger partial charge is 0.213 e. The van der Waals surface area contributed by atoms with Crippen molar-refractivity contribution in [1.82, 2.24) is 4.98 Å². The number of hydrogen-bond donors (Lipinski definition) is 1. The summed E-state index contributed by atoms with van der Waals surface area (Å²) in [5.41, 5.74) is 5.16. The maximum Gasteiger partial charge on any atom is 0.213 e. The molecule has 1 aromatic rings. The molecular weight excluding hydrogens is 183 g/mol. The molecule has 0 saturated carbocycles. The van der Waals surface area contributed by atoms with Crippen LogP contribution in [0, 0.1) is 11.4 Å². The summed E-state index contributed by atoms with van der Waals surface area (Å²) < 4.78 is 12.8. The maximum atomic E-state index is 12.8. The molecule has 0 aliphatic carbocycles. The van der Waals surface area contributed by atoms with E-state index in [9.17, 15) is 9.18 Å². The van der Waals surface area contributed by atoms with Gasteiger partial charge in [-0.05, 0) is 12.1 Å². The second-order valence-electron chi connectivity index (χ2n) is 4.15. The van der Waals surface area contributed by atoms with Crippen molar-refractivity contribution >= 4 is 11.5 Å². The third-order valence-corrected chi connectivity index (χ3v) is 1.79. The predicted molar refractivity (Wildman–Crippen MR) is 52.4 cm³/mol. The highest BCUT2D eigenvalue weighted by Gasteiger charge is 2.26. The number of ketones is 1. The second kappa shape index (κ2) is 3.36. The molecule has 4 heteroatoms. The quantitative estimate of drug-likeness (QED) is 0.552. The van der Waals surface area contributed by atoms with Crippen LogP contribution in [0.5, 0.6) is 0 Å². The third kappa shape index (κ3) is 2.07. The summed E-state index contributed by atoms with van der Waals surface area (Å²) in [6.07, 6.45) is 0. The van der Waals surface area contributed by atoms with E-state index in [0.29, 0.717) is 0 Å². The highest BCUT2D eigenvalue weighted by atomic mass is 19.1. The van der Waals surface area contributed by atoms with E-state index in [-0.39, 0.29) is 17.2 Å². The highest BCUT2D eigenvalue weighted by molar-refractivity contribution is 6.02. The largest absolute Gasteiger partial charge is 0.397 e. The van der Waals surface area contributed by atoms with Crippen LogP contribution in [0.25, 0.3) is 0 Å². The summed E-state index contributed by atoms with van der Waals surface area (Å²) in [7, 11) is 0. The predicted octanol–water partition coefficient (Wildman–Crippen LogP) is 2.03. The van der Waals surface area contributed by atoms with E-state index in [1.165, 1.54) is 6.07 Å². The first kappa shape index (κ1) is 10.6. The van der Waals surface area contributed by atoms with E-state index < -0.39 is 11.4 Å². The van der Waals surface area contributed by atoms with E-state index in [0.717, 1.165) is 6.07 Å². The Labute approximate surface area is 82.1 Å². The van der Waals surface area contributed by atoms with Crippen molar-refractivity contribution in [2.75, 3.05) is 5.73 Å². The Balaban J connectivity index is 3.19. The van der Waals surface area contributed by atoms with Crippen molar-refractivity contribution in [3.63, 3.8) is 0 Å². The SMILES string of the molecule is CC(C)(C)C(=O)c1nc(F)ccc1N. The van der Waals surface area contributed by atoms with Gasteiger partial charge in [-0.25, -0.2) is 4.98 Å². The van der Waals surface area contributed by atoms with Crippen LogP contribution < -0.4 is 5.73 Å². The van der Waals surface area contributed by atoms with Gasteiger partial charge >= 0.3 is 0 Å². The summed E-state index contributed by atoms with van der Waals surface area (Å²) in [5.74, 6) is -0.943. The Hall–Kier alpha value is -1.45. The van der Waals surface area contributed by atoms with E-state index in [1.54, 1.807) is 20.8 Å². The van der Waals surface area contributed by atoms with Gasteiger partial charge in [-0.3, -0.25) is 4.79 Å². The van der Waals surface area contributed by atoms with Crippen LogP contribution in [0.2, 0.25) is 0 Å². The molecule has 0 amide bonds. The van der Waals surface area contributed by atoms with Gasteiger partial charge in [0.1, 0.15) is 5.69 Å². The van der Waals surface area contributed by atoms with Crippen molar-refractivity contribution in [3.05, 3.63) is 23.8 Å². The van der Waals surface area contributed by atoms with Gasteiger partial charge in [0, 0.05) is 5.41 Å². The minimum absolute atomic E-state index is 0.0116. The number of hydrogen-bond acceptors (Lipinski definition) is 3.